The molecule has 0 aromatic heterocycles. The molecule has 0 spiro atoms. The van der Waals surface area contributed by atoms with Crippen LogP contribution in [0, 0.1) is 0 Å². The van der Waals surface area contributed by atoms with Gasteiger partial charge >= 0.3 is 83.2 Å². The number of aliphatic carboxylic acids is 1. The van der Waals surface area contributed by atoms with Crippen molar-refractivity contribution in [1.29, 1.82) is 0 Å². The molecule has 0 atom stereocenters. The summed E-state index contributed by atoms with van der Waals surface area (Å²) in [5.74, 6) is -1.08. The fourth-order valence-electron chi connectivity index (χ4n) is 0.105. The van der Waals surface area contributed by atoms with Crippen LogP contribution in [0.25, 0.3) is 0 Å². The minimum absolute atomic E-state index is 0. The van der Waals surface area contributed by atoms with Crippen LogP contribution in [0.2, 0.25) is 0 Å². The van der Waals surface area contributed by atoms with Crippen molar-refractivity contribution < 1.29 is 110 Å². The van der Waals surface area contributed by atoms with E-state index in [2.05, 4.69) is 2.84 Å². The predicted molar refractivity (Wildman–Crippen MR) is 16.7 cm³/mol. The fraction of sp³-hybridized carbons (Fsp3) is 0.500. The van der Waals surface area contributed by atoms with E-state index in [9.17, 15) is 19.4 Å². The first-order valence-corrected chi connectivity index (χ1v) is 6.47. The molecule has 0 saturated carbocycles. The second kappa shape index (κ2) is 10.3. The van der Waals surface area contributed by atoms with Gasteiger partial charge in [-0.3, -0.25) is 0 Å². The molecule has 1 N–H and O–H groups in total. The Morgan fingerprint density at radius 2 is 1.47 bits per heavy atom. The Morgan fingerprint density at radius 1 is 1.27 bits per heavy atom. The molecule has 0 heterocycles. The Morgan fingerprint density at radius 3 is 1.47 bits per heavy atom. The van der Waals surface area contributed by atoms with Crippen LogP contribution in [0.5, 0.6) is 0 Å². The molecule has 0 aromatic rings. The van der Waals surface area contributed by atoms with E-state index in [1.165, 1.54) is 0 Å². The van der Waals surface area contributed by atoms with Gasteiger partial charge in [0.2, 0.25) is 0 Å². The molecule has 0 bridgehead atoms. The molecule has 0 radical (unpaired) electrons. The average molecular weight is 351 g/mol. The summed E-state index contributed by atoms with van der Waals surface area (Å²) in [5.41, 5.74) is 0. The van der Waals surface area contributed by atoms with Gasteiger partial charge in [0.25, 0.3) is 0 Å². The van der Waals surface area contributed by atoms with Crippen molar-refractivity contribution in [2.75, 3.05) is 0 Å². The molecule has 0 unspecified atom stereocenters. The Balaban J connectivity index is -0.0000000883. The summed E-state index contributed by atoms with van der Waals surface area (Å²) in [5, 5.41) is 8.89. The molecule has 9 nitrogen and oxygen atoms in total. The van der Waals surface area contributed by atoms with Gasteiger partial charge in [-0.25, -0.2) is 0 Å². The first-order valence-electron chi connectivity index (χ1n) is 2.26. The third-order valence-electron chi connectivity index (χ3n) is 0.169. The minimum atomic E-state index is -6.01. The quantitative estimate of drug-likeness (QED) is 0.477. The van der Waals surface area contributed by atoms with Gasteiger partial charge in [-0.15, -0.1) is 0 Å². The number of carboxylic acids is 1. The van der Waals surface area contributed by atoms with Crippen molar-refractivity contribution in [2.45, 2.75) is 6.92 Å². The molecule has 0 fully saturated rings. The van der Waals surface area contributed by atoms with E-state index in [1.54, 1.807) is 0 Å². The Labute approximate surface area is 122 Å². The molecule has 0 aliphatic heterocycles. The van der Waals surface area contributed by atoms with E-state index in [4.69, 9.17) is 14.1 Å². The number of carbonyl (C=O) groups is 1. The van der Waals surface area contributed by atoms with Crippen LogP contribution in [-0.4, -0.2) is 10.1 Å². The van der Waals surface area contributed by atoms with Crippen molar-refractivity contribution in [2.24, 2.45) is 0 Å². The number of carbonyl (C=O) groups excluding carboxylic acids is 1. The SMILES string of the molecule is CC(=O)[O-].[Cr].[Na+].[O]=[Cr](=[O])([O-])[O][Cr](=[O])(=[O])[OH]. The van der Waals surface area contributed by atoms with Gasteiger partial charge in [-0.2, -0.15) is 0 Å². The van der Waals surface area contributed by atoms with E-state index < -0.39 is 33.2 Å². The number of hydrogen-bond acceptors (Lipinski definition) is 8. The van der Waals surface area contributed by atoms with Gasteiger partial charge in [-0.05, 0) is 6.92 Å². The molecule has 0 amide bonds. The fourth-order valence-corrected chi connectivity index (χ4v) is 1.79. The second-order valence-electron chi connectivity index (χ2n) is 1.40. The van der Waals surface area contributed by atoms with E-state index in [1.807, 2.05) is 0 Å². The summed E-state index contributed by atoms with van der Waals surface area (Å²) in [6, 6.07) is 0. The summed E-state index contributed by atoms with van der Waals surface area (Å²) in [6.07, 6.45) is 0. The first-order chi connectivity index (χ1) is 5.44. The van der Waals surface area contributed by atoms with E-state index in [0.29, 0.717) is 0 Å². The number of hydrogen-bond donors (Lipinski definition) is 1. The van der Waals surface area contributed by atoms with Gasteiger partial charge in [0.05, 0.1) is 0 Å². The molecular weight excluding hydrogens is 347 g/mol. The van der Waals surface area contributed by atoms with E-state index in [-0.39, 0.29) is 46.9 Å². The summed E-state index contributed by atoms with van der Waals surface area (Å²) >= 11 is -11.8. The van der Waals surface area contributed by atoms with Crippen LogP contribution >= 0.6 is 0 Å². The van der Waals surface area contributed by atoms with Crippen molar-refractivity contribution in [1.82, 2.24) is 0 Å². The zero-order valence-electron chi connectivity index (χ0n) is 7.44. The molecule has 0 saturated heterocycles. The van der Waals surface area contributed by atoms with Gasteiger partial charge in [0, 0.05) is 23.3 Å². The van der Waals surface area contributed by atoms with E-state index in [0.717, 1.165) is 6.92 Å². The monoisotopic (exact) mass is 351 g/mol. The van der Waals surface area contributed by atoms with Crippen molar-refractivity contribution in [3.05, 3.63) is 0 Å². The van der Waals surface area contributed by atoms with Crippen LogP contribution in [-0.2, 0) is 67.4 Å². The zero-order valence-corrected chi connectivity index (χ0v) is 13.3. The maximum atomic E-state index is 9.49. The topological polar surface area (TPSA) is 161 Å². The van der Waals surface area contributed by atoms with Crippen LogP contribution < -0.4 is 38.8 Å². The standard InChI is InChI=1S/C2H4O2.3Cr.Na.H2O.6O/c1-2(3)4;;;;;;;;;;;/h1H3,(H,3,4);;;;;1H2;;;;;;/q;;;2*+1;;;;;;;-1/p-2. The maximum absolute atomic E-state index is 9.49. The van der Waals surface area contributed by atoms with Crippen LogP contribution in [0.15, 0.2) is 0 Å². The normalized spacial score (nSPS) is 9.80. The first kappa shape index (κ1) is 25.1. The van der Waals surface area contributed by atoms with E-state index >= 15 is 0 Å². The predicted octanol–water partition coefficient (Wildman–Crippen LogP) is -6.54. The second-order valence-corrected chi connectivity index (χ2v) is 5.10. The van der Waals surface area contributed by atoms with Gasteiger partial charge in [-0.1, -0.05) is 0 Å². The third-order valence-corrected chi connectivity index (χ3v) is 2.88. The molecule has 0 aliphatic rings. The van der Waals surface area contributed by atoms with Crippen LogP contribution in [0.3, 0.4) is 0 Å². The van der Waals surface area contributed by atoms with Crippen molar-refractivity contribution >= 4 is 5.97 Å². The van der Waals surface area contributed by atoms with Crippen LogP contribution in [0.1, 0.15) is 6.92 Å². The molecule has 13 heteroatoms. The average Bonchev–Trinajstić information content (AvgIpc) is 1.47. The van der Waals surface area contributed by atoms with Crippen molar-refractivity contribution in [3.63, 3.8) is 0 Å². The summed E-state index contributed by atoms with van der Waals surface area (Å²) in [6.45, 7) is 0.972. The summed E-state index contributed by atoms with van der Waals surface area (Å²) < 4.78 is 57.6. The van der Waals surface area contributed by atoms with Gasteiger partial charge < -0.3 is 9.90 Å². The molecule has 15 heavy (non-hydrogen) atoms. The van der Waals surface area contributed by atoms with Crippen molar-refractivity contribution in [3.8, 4) is 0 Å². The molecule has 86 valence electrons. The summed E-state index contributed by atoms with van der Waals surface area (Å²) in [4.78, 5) is 8.89. The Bertz CT molecular complexity index is 319. The Kier molecular flexibility index (Phi) is 17.3. The third kappa shape index (κ3) is 51.3. The molecule has 0 rings (SSSR count). The molecular formula is C2H4Cr3NaO9-. The molecule has 0 aliphatic carbocycles. The van der Waals surface area contributed by atoms with Gasteiger partial charge in [0.15, 0.2) is 0 Å². The summed E-state index contributed by atoms with van der Waals surface area (Å²) in [7, 11) is 0. The number of rotatable bonds is 2. The zero-order chi connectivity index (χ0) is 11.3. The Hall–Kier alpha value is 1.15. The van der Waals surface area contributed by atoms with Crippen LogP contribution in [0.4, 0.5) is 0 Å². The number of carboxylic acid groups (broad SMARTS) is 1. The van der Waals surface area contributed by atoms with Gasteiger partial charge in [0.1, 0.15) is 0 Å². The molecule has 0 aromatic carbocycles.